The molecule has 0 aliphatic heterocycles. The van der Waals surface area contributed by atoms with Crippen molar-refractivity contribution in [3.8, 4) is 29.5 Å². The summed E-state index contributed by atoms with van der Waals surface area (Å²) in [5.74, 6) is 2.35. The maximum Gasteiger partial charge on any atom is 0.251 e. The molecule has 0 fully saturated rings. The molecule has 0 aliphatic carbocycles. The van der Waals surface area contributed by atoms with Crippen LogP contribution in [-0.4, -0.2) is 22.4 Å². The molecule has 26 heavy (non-hydrogen) atoms. The largest absolute Gasteiger partial charge is 0.350 e. The normalized spacial score (nSPS) is 10.9. The highest BCUT2D eigenvalue weighted by molar-refractivity contribution is 5.95. The van der Waals surface area contributed by atoms with E-state index in [0.717, 1.165) is 22.2 Å². The van der Waals surface area contributed by atoms with E-state index in [1.54, 1.807) is 26.1 Å². The van der Waals surface area contributed by atoms with Gasteiger partial charge in [-0.1, -0.05) is 18.1 Å². The number of nitrogens with zero attached hydrogens (tertiary/aromatic N) is 2. The first-order chi connectivity index (χ1) is 12.4. The SMILES string of the molecule is C#Cc1cc2cc(-c3cccc(C(=O)NCC(C)(C)C#N)c3)cnc2[nH]1. The van der Waals surface area contributed by atoms with E-state index in [1.165, 1.54) is 0 Å². The molecule has 3 rings (SSSR count). The molecule has 3 aromatic rings. The predicted molar refractivity (Wildman–Crippen MR) is 101 cm³/mol. The Balaban J connectivity index is 1.86. The van der Waals surface area contributed by atoms with E-state index in [2.05, 4.69) is 27.3 Å². The van der Waals surface area contributed by atoms with Gasteiger partial charge in [-0.2, -0.15) is 5.26 Å². The summed E-state index contributed by atoms with van der Waals surface area (Å²) in [6, 6.07) is 13.3. The van der Waals surface area contributed by atoms with Crippen LogP contribution in [0.15, 0.2) is 42.6 Å². The lowest BCUT2D eigenvalue weighted by Gasteiger charge is -2.16. The van der Waals surface area contributed by atoms with Gasteiger partial charge < -0.3 is 10.3 Å². The molecule has 2 heterocycles. The zero-order valence-electron chi connectivity index (χ0n) is 14.6. The summed E-state index contributed by atoms with van der Waals surface area (Å²) in [6.07, 6.45) is 7.16. The van der Waals surface area contributed by atoms with Gasteiger partial charge in [0.1, 0.15) is 5.65 Å². The zero-order chi connectivity index (χ0) is 18.7. The number of hydrogen-bond acceptors (Lipinski definition) is 3. The van der Waals surface area contributed by atoms with Gasteiger partial charge in [0.15, 0.2) is 0 Å². The van der Waals surface area contributed by atoms with Gasteiger partial charge in [0.25, 0.3) is 5.91 Å². The van der Waals surface area contributed by atoms with Crippen LogP contribution in [0, 0.1) is 29.1 Å². The van der Waals surface area contributed by atoms with Gasteiger partial charge >= 0.3 is 0 Å². The number of aromatic amines is 1. The van der Waals surface area contributed by atoms with Gasteiger partial charge in [0.05, 0.1) is 17.2 Å². The van der Waals surface area contributed by atoms with Crippen LogP contribution in [0.4, 0.5) is 0 Å². The fraction of sp³-hybridized carbons (Fsp3) is 0.190. The Morgan fingerprint density at radius 1 is 1.31 bits per heavy atom. The molecule has 5 heteroatoms. The summed E-state index contributed by atoms with van der Waals surface area (Å²) in [5.41, 5.74) is 3.12. The minimum Gasteiger partial charge on any atom is -0.350 e. The van der Waals surface area contributed by atoms with Gasteiger partial charge in [-0.15, -0.1) is 6.42 Å². The summed E-state index contributed by atoms with van der Waals surface area (Å²) in [6.45, 7) is 3.86. The molecular weight excluding hydrogens is 324 g/mol. The fourth-order valence-corrected chi connectivity index (χ4v) is 2.53. The molecule has 1 amide bonds. The van der Waals surface area contributed by atoms with Crippen molar-refractivity contribution >= 4 is 16.9 Å². The van der Waals surface area contributed by atoms with E-state index in [4.69, 9.17) is 11.7 Å². The van der Waals surface area contributed by atoms with Crippen LogP contribution in [0.3, 0.4) is 0 Å². The number of H-pyrrole nitrogens is 1. The number of nitriles is 1. The number of hydrogen-bond donors (Lipinski definition) is 2. The molecule has 0 saturated heterocycles. The number of fused-ring (bicyclic) bond motifs is 1. The van der Waals surface area contributed by atoms with Gasteiger partial charge in [0.2, 0.25) is 0 Å². The lowest BCUT2D eigenvalue weighted by molar-refractivity contribution is 0.0944. The number of carbonyl (C=O) groups is 1. The zero-order valence-corrected chi connectivity index (χ0v) is 14.6. The number of terminal acetylenes is 1. The standard InChI is InChI=1S/C21H18N4O/c1-4-18-10-16-9-17(11-23-19(16)25-18)14-6-5-7-15(8-14)20(26)24-13-21(2,3)12-22/h1,5-11H,13H2,2-3H3,(H,23,25)(H,24,26). The number of pyridine rings is 1. The Labute approximate surface area is 152 Å². The highest BCUT2D eigenvalue weighted by Gasteiger charge is 2.18. The Morgan fingerprint density at radius 3 is 2.85 bits per heavy atom. The van der Waals surface area contributed by atoms with Crippen LogP contribution >= 0.6 is 0 Å². The third-order valence-corrected chi connectivity index (χ3v) is 4.08. The first kappa shape index (κ1) is 17.3. The molecule has 0 unspecified atom stereocenters. The minimum absolute atomic E-state index is 0.208. The molecule has 5 nitrogen and oxygen atoms in total. The molecule has 2 N–H and O–H groups in total. The van der Waals surface area contributed by atoms with Crippen LogP contribution in [0.1, 0.15) is 29.9 Å². The molecule has 0 atom stereocenters. The smallest absolute Gasteiger partial charge is 0.251 e. The molecule has 1 aromatic carbocycles. The third-order valence-electron chi connectivity index (χ3n) is 4.08. The summed E-state index contributed by atoms with van der Waals surface area (Å²) < 4.78 is 0. The molecule has 0 radical (unpaired) electrons. The van der Waals surface area contributed by atoms with Crippen LogP contribution in [0.5, 0.6) is 0 Å². The van der Waals surface area contributed by atoms with Crippen molar-refractivity contribution in [2.24, 2.45) is 5.41 Å². The first-order valence-electron chi connectivity index (χ1n) is 8.17. The summed E-state index contributed by atoms with van der Waals surface area (Å²) in [7, 11) is 0. The Hall–Kier alpha value is -3.57. The molecule has 0 saturated carbocycles. The monoisotopic (exact) mass is 342 g/mol. The van der Waals surface area contributed by atoms with Crippen LogP contribution < -0.4 is 5.32 Å². The molecule has 0 spiro atoms. The fourth-order valence-electron chi connectivity index (χ4n) is 2.53. The van der Waals surface area contributed by atoms with Crippen LogP contribution in [0.2, 0.25) is 0 Å². The van der Waals surface area contributed by atoms with Gasteiger partial charge in [-0.25, -0.2) is 4.98 Å². The topological polar surface area (TPSA) is 81.6 Å². The number of aromatic nitrogens is 2. The van der Waals surface area contributed by atoms with E-state index >= 15 is 0 Å². The van der Waals surface area contributed by atoms with E-state index in [9.17, 15) is 4.79 Å². The van der Waals surface area contributed by atoms with Crippen molar-refractivity contribution in [2.75, 3.05) is 6.54 Å². The Morgan fingerprint density at radius 2 is 2.12 bits per heavy atom. The third kappa shape index (κ3) is 3.58. The second kappa shape index (κ2) is 6.74. The number of amides is 1. The van der Waals surface area contributed by atoms with Crippen molar-refractivity contribution in [1.82, 2.24) is 15.3 Å². The molecule has 128 valence electrons. The summed E-state index contributed by atoms with van der Waals surface area (Å²) in [5, 5.41) is 12.8. The van der Waals surface area contributed by atoms with Gasteiger partial charge in [-0.3, -0.25) is 4.79 Å². The van der Waals surface area contributed by atoms with E-state index in [1.807, 2.05) is 30.3 Å². The molecule has 0 bridgehead atoms. The average Bonchev–Trinajstić information content (AvgIpc) is 3.08. The van der Waals surface area contributed by atoms with Crippen molar-refractivity contribution in [2.45, 2.75) is 13.8 Å². The number of nitrogens with one attached hydrogen (secondary N) is 2. The van der Waals surface area contributed by atoms with Crippen molar-refractivity contribution in [1.29, 1.82) is 5.26 Å². The highest BCUT2D eigenvalue weighted by atomic mass is 16.1. The van der Waals surface area contributed by atoms with E-state index in [0.29, 0.717) is 11.3 Å². The maximum absolute atomic E-state index is 12.4. The number of rotatable bonds is 4. The number of carbonyl (C=O) groups excluding carboxylic acids is 1. The Bertz CT molecular complexity index is 1060. The lowest BCUT2D eigenvalue weighted by atomic mass is 9.96. The first-order valence-corrected chi connectivity index (χ1v) is 8.17. The predicted octanol–water partition coefficient (Wildman–Crippen LogP) is 3.49. The Kier molecular flexibility index (Phi) is 4.47. The molecular formula is C21H18N4O. The molecule has 0 aliphatic rings. The lowest BCUT2D eigenvalue weighted by Crippen LogP contribution is -2.33. The van der Waals surface area contributed by atoms with E-state index < -0.39 is 5.41 Å². The van der Waals surface area contributed by atoms with Crippen LogP contribution in [0.25, 0.3) is 22.2 Å². The second-order valence-corrected chi connectivity index (χ2v) is 6.75. The van der Waals surface area contributed by atoms with Crippen molar-refractivity contribution < 1.29 is 4.79 Å². The maximum atomic E-state index is 12.4. The summed E-state index contributed by atoms with van der Waals surface area (Å²) in [4.78, 5) is 19.8. The summed E-state index contributed by atoms with van der Waals surface area (Å²) >= 11 is 0. The minimum atomic E-state index is -0.606. The molecule has 2 aromatic heterocycles. The van der Waals surface area contributed by atoms with E-state index in [-0.39, 0.29) is 12.5 Å². The van der Waals surface area contributed by atoms with Crippen molar-refractivity contribution in [3.05, 3.63) is 53.9 Å². The highest BCUT2D eigenvalue weighted by Crippen LogP contribution is 2.24. The van der Waals surface area contributed by atoms with Gasteiger partial charge in [-0.05, 0) is 43.7 Å². The quantitative estimate of drug-likeness (QED) is 0.712. The van der Waals surface area contributed by atoms with Crippen molar-refractivity contribution in [3.63, 3.8) is 0 Å². The average molecular weight is 342 g/mol. The van der Waals surface area contributed by atoms with Crippen LogP contribution in [-0.2, 0) is 0 Å². The van der Waals surface area contributed by atoms with Gasteiger partial charge in [0, 0.05) is 29.3 Å². The second-order valence-electron chi connectivity index (χ2n) is 6.75. The number of benzene rings is 1.